The van der Waals surface area contributed by atoms with Crippen LogP contribution in [0.2, 0.25) is 0 Å². The van der Waals surface area contributed by atoms with Crippen molar-refractivity contribution in [2.45, 2.75) is 12.8 Å². The molecule has 0 saturated carbocycles. The van der Waals surface area contributed by atoms with E-state index in [0.717, 1.165) is 25.9 Å². The average Bonchev–Trinajstić information content (AvgIpc) is 3.25. The highest BCUT2D eigenvalue weighted by Gasteiger charge is 2.23. The molecule has 0 atom stereocenters. The molecule has 120 valence electrons. The second-order valence-corrected chi connectivity index (χ2v) is 5.47. The summed E-state index contributed by atoms with van der Waals surface area (Å²) in [5.41, 5.74) is 0.650. The van der Waals surface area contributed by atoms with Gasteiger partial charge in [-0.3, -0.25) is 0 Å². The van der Waals surface area contributed by atoms with E-state index in [1.165, 1.54) is 6.20 Å². The number of halogens is 1. The zero-order valence-corrected chi connectivity index (χ0v) is 12.7. The van der Waals surface area contributed by atoms with E-state index in [-0.39, 0.29) is 6.79 Å². The summed E-state index contributed by atoms with van der Waals surface area (Å²) in [7, 11) is 1.56. The third kappa shape index (κ3) is 2.42. The van der Waals surface area contributed by atoms with Crippen LogP contribution < -0.4 is 19.1 Å². The van der Waals surface area contributed by atoms with Gasteiger partial charge in [-0.2, -0.15) is 0 Å². The van der Waals surface area contributed by atoms with E-state index in [1.54, 1.807) is 19.2 Å². The molecule has 2 aliphatic rings. The van der Waals surface area contributed by atoms with E-state index < -0.39 is 5.82 Å². The molecule has 0 unspecified atom stereocenters. The van der Waals surface area contributed by atoms with Crippen LogP contribution >= 0.6 is 0 Å². The van der Waals surface area contributed by atoms with Crippen LogP contribution in [0.4, 0.5) is 10.2 Å². The second-order valence-electron chi connectivity index (χ2n) is 5.47. The minimum absolute atomic E-state index is 0.172. The smallest absolute Gasteiger partial charge is 0.231 e. The predicted molar refractivity (Wildman–Crippen MR) is 81.5 cm³/mol. The number of methoxy groups -OCH3 is 1. The number of fused-ring (bicyclic) bond motifs is 1. The number of hydrogen-bond donors (Lipinski definition) is 0. The summed E-state index contributed by atoms with van der Waals surface area (Å²) >= 11 is 0. The second kappa shape index (κ2) is 5.57. The molecule has 7 heteroatoms. The molecule has 2 aliphatic heterocycles. The maximum Gasteiger partial charge on any atom is 0.231 e. The van der Waals surface area contributed by atoms with Crippen molar-refractivity contribution in [3.63, 3.8) is 0 Å². The van der Waals surface area contributed by atoms with Crippen LogP contribution in [0, 0.1) is 5.82 Å². The number of nitrogens with zero attached hydrogens (tertiary/aromatic N) is 3. The Hall–Kier alpha value is -2.57. The molecule has 0 radical (unpaired) electrons. The van der Waals surface area contributed by atoms with Crippen molar-refractivity contribution in [3.05, 3.63) is 24.1 Å². The zero-order chi connectivity index (χ0) is 15.8. The summed E-state index contributed by atoms with van der Waals surface area (Å²) < 4.78 is 30.2. The zero-order valence-electron chi connectivity index (χ0n) is 12.7. The Morgan fingerprint density at radius 1 is 1.17 bits per heavy atom. The molecule has 23 heavy (non-hydrogen) atoms. The van der Waals surface area contributed by atoms with Gasteiger partial charge in [0.25, 0.3) is 0 Å². The van der Waals surface area contributed by atoms with Gasteiger partial charge < -0.3 is 19.1 Å². The fourth-order valence-corrected chi connectivity index (χ4v) is 2.91. The standard InChI is InChI=1S/C16H16FN3O3/c1-21-12-7-14-13(22-9-23-14)6-10(12)15-18-8-11(17)16(19-15)20-4-2-3-5-20/h6-8H,2-5,9H2,1H3. The number of hydrogen-bond acceptors (Lipinski definition) is 6. The Kier molecular flexibility index (Phi) is 3.40. The normalized spacial score (nSPS) is 16.0. The topological polar surface area (TPSA) is 56.7 Å². The third-order valence-electron chi connectivity index (χ3n) is 4.07. The Labute approximate surface area is 132 Å². The van der Waals surface area contributed by atoms with Gasteiger partial charge in [0.1, 0.15) is 5.75 Å². The summed E-state index contributed by atoms with van der Waals surface area (Å²) in [6, 6.07) is 3.50. The monoisotopic (exact) mass is 317 g/mol. The first-order chi connectivity index (χ1) is 11.3. The highest BCUT2D eigenvalue weighted by molar-refractivity contribution is 5.70. The lowest BCUT2D eigenvalue weighted by molar-refractivity contribution is 0.174. The fourth-order valence-electron chi connectivity index (χ4n) is 2.91. The van der Waals surface area contributed by atoms with E-state index in [9.17, 15) is 4.39 Å². The molecule has 2 aromatic rings. The van der Waals surface area contributed by atoms with Gasteiger partial charge in [-0.05, 0) is 18.9 Å². The summed E-state index contributed by atoms with van der Waals surface area (Å²) in [6.07, 6.45) is 3.30. The minimum atomic E-state index is -0.407. The summed E-state index contributed by atoms with van der Waals surface area (Å²) in [6.45, 7) is 1.79. The molecular weight excluding hydrogens is 301 g/mol. The van der Waals surface area contributed by atoms with Crippen LogP contribution in [0.1, 0.15) is 12.8 Å². The van der Waals surface area contributed by atoms with Crippen molar-refractivity contribution in [1.29, 1.82) is 0 Å². The lowest BCUT2D eigenvalue weighted by Gasteiger charge is -2.18. The van der Waals surface area contributed by atoms with E-state index >= 15 is 0 Å². The molecule has 1 fully saturated rings. The van der Waals surface area contributed by atoms with Gasteiger partial charge in [-0.1, -0.05) is 0 Å². The predicted octanol–water partition coefficient (Wildman–Crippen LogP) is 2.62. The Morgan fingerprint density at radius 3 is 2.65 bits per heavy atom. The number of ether oxygens (including phenoxy) is 3. The molecule has 0 spiro atoms. The maximum absolute atomic E-state index is 14.1. The third-order valence-corrected chi connectivity index (χ3v) is 4.07. The molecule has 1 aromatic heterocycles. The number of benzene rings is 1. The number of rotatable bonds is 3. The van der Waals surface area contributed by atoms with Crippen LogP contribution in [-0.4, -0.2) is 37.0 Å². The van der Waals surface area contributed by atoms with Crippen molar-refractivity contribution >= 4 is 5.82 Å². The van der Waals surface area contributed by atoms with Crippen molar-refractivity contribution in [2.75, 3.05) is 31.9 Å². The quantitative estimate of drug-likeness (QED) is 0.867. The van der Waals surface area contributed by atoms with Crippen molar-refractivity contribution < 1.29 is 18.6 Å². The molecule has 3 heterocycles. The van der Waals surface area contributed by atoms with Gasteiger partial charge in [0, 0.05) is 19.2 Å². The van der Waals surface area contributed by atoms with E-state index in [2.05, 4.69) is 9.97 Å². The average molecular weight is 317 g/mol. The fraction of sp³-hybridized carbons (Fsp3) is 0.375. The highest BCUT2D eigenvalue weighted by atomic mass is 19.1. The molecule has 0 aliphatic carbocycles. The molecule has 6 nitrogen and oxygen atoms in total. The van der Waals surface area contributed by atoms with Crippen molar-refractivity contribution in [1.82, 2.24) is 9.97 Å². The molecule has 1 aromatic carbocycles. The number of aromatic nitrogens is 2. The van der Waals surface area contributed by atoms with Gasteiger partial charge >= 0.3 is 0 Å². The first kappa shape index (κ1) is 14.0. The SMILES string of the molecule is COc1cc2c(cc1-c1ncc(F)c(N3CCCC3)n1)OCO2. The summed E-state index contributed by atoms with van der Waals surface area (Å²) in [4.78, 5) is 10.5. The van der Waals surface area contributed by atoms with Gasteiger partial charge in [0.05, 0.1) is 18.9 Å². The van der Waals surface area contributed by atoms with Crippen molar-refractivity contribution in [3.8, 4) is 28.6 Å². The molecule has 1 saturated heterocycles. The summed E-state index contributed by atoms with van der Waals surface area (Å²) in [5.74, 6) is 2.13. The molecule has 0 bridgehead atoms. The van der Waals surface area contributed by atoms with Crippen LogP contribution in [0.5, 0.6) is 17.2 Å². The maximum atomic E-state index is 14.1. The van der Waals surface area contributed by atoms with Crippen LogP contribution in [-0.2, 0) is 0 Å². The van der Waals surface area contributed by atoms with E-state index in [4.69, 9.17) is 14.2 Å². The Bertz CT molecular complexity index is 748. The summed E-state index contributed by atoms with van der Waals surface area (Å²) in [5, 5.41) is 0. The molecule has 0 amide bonds. The van der Waals surface area contributed by atoms with E-state index in [1.807, 2.05) is 4.90 Å². The van der Waals surface area contributed by atoms with Crippen LogP contribution in [0.25, 0.3) is 11.4 Å². The molecule has 4 rings (SSSR count). The van der Waals surface area contributed by atoms with Crippen LogP contribution in [0.15, 0.2) is 18.3 Å². The molecule has 0 N–H and O–H groups in total. The molecular formula is C16H16FN3O3. The van der Waals surface area contributed by atoms with Gasteiger partial charge in [0.15, 0.2) is 29.0 Å². The first-order valence-corrected chi connectivity index (χ1v) is 7.52. The first-order valence-electron chi connectivity index (χ1n) is 7.52. The van der Waals surface area contributed by atoms with Gasteiger partial charge in [-0.15, -0.1) is 0 Å². The van der Waals surface area contributed by atoms with Gasteiger partial charge in [0.2, 0.25) is 6.79 Å². The lowest BCUT2D eigenvalue weighted by atomic mass is 10.1. The van der Waals surface area contributed by atoms with Crippen LogP contribution in [0.3, 0.4) is 0 Å². The van der Waals surface area contributed by atoms with E-state index in [0.29, 0.717) is 34.5 Å². The van der Waals surface area contributed by atoms with Crippen molar-refractivity contribution in [2.24, 2.45) is 0 Å². The largest absolute Gasteiger partial charge is 0.496 e. The number of anilines is 1. The lowest BCUT2D eigenvalue weighted by Crippen LogP contribution is -2.21. The Balaban J connectivity index is 1.80. The minimum Gasteiger partial charge on any atom is -0.496 e. The van der Waals surface area contributed by atoms with Gasteiger partial charge in [-0.25, -0.2) is 14.4 Å². The highest BCUT2D eigenvalue weighted by Crippen LogP contribution is 2.41. The Morgan fingerprint density at radius 2 is 1.91 bits per heavy atom.